The van der Waals surface area contributed by atoms with E-state index in [1.807, 2.05) is 6.92 Å². The first-order valence-corrected chi connectivity index (χ1v) is 40.0. The highest BCUT2D eigenvalue weighted by Gasteiger charge is 2.65. The molecule has 0 heterocycles. The molecular formula is C82H118N8O27. The molecule has 0 saturated heterocycles. The predicted octanol–water partition coefficient (Wildman–Crippen LogP) is 6.94. The number of Topliss-reactive ketones (excluding diaryl/α,β-unsaturated/α-hetero) is 3. The van der Waals surface area contributed by atoms with Crippen LogP contribution >= 0.6 is 0 Å². The number of hydrogen-bond donors (Lipinski definition) is 11. The van der Waals surface area contributed by atoms with Crippen molar-refractivity contribution in [1.82, 2.24) is 16.0 Å². The van der Waals surface area contributed by atoms with Gasteiger partial charge in [-0.3, -0.25) is 47.9 Å². The van der Waals surface area contributed by atoms with E-state index >= 15 is 0 Å². The molecule has 3 aromatic rings. The van der Waals surface area contributed by atoms with Crippen molar-refractivity contribution in [2.45, 2.75) is 174 Å². The summed E-state index contributed by atoms with van der Waals surface area (Å²) in [5.74, 6) is -7.25. The molecule has 3 aromatic carbocycles. The van der Waals surface area contributed by atoms with Gasteiger partial charge < -0.3 is 116 Å². The molecule has 0 spiro atoms. The number of alkyl carbamates (subject to hydrolysis) is 2. The highest BCUT2D eigenvalue weighted by molar-refractivity contribution is 6.04. The molecule has 8 amide bonds. The SMILES string of the molecule is CCCCCC[C@](C)(OC(=O)NCC(=O)CCCOCCOCC(=O)Nc1ccc(OC)c(C(N)=O)c1O)[C@H]1CC[C@H]2[C@@H]3C[C@H](OC(=O)CCC(=O)NCCOCCOCC(=O)Cc4ccc(OC)c(C(N)=O)c4O)[C@H]4C[C@@H](OC(=O)NCC(=O)CCCOCCOCC(=O)Nc5ccc(OC)c(C(N)=O)c5O)CC[C@]4(C)[C@H]3CC[C@@]21C. The Hall–Kier alpha value is -9.94. The topological polar surface area (TPSA) is 514 Å². The van der Waals surface area contributed by atoms with Crippen molar-refractivity contribution in [3.05, 3.63) is 58.7 Å². The van der Waals surface area contributed by atoms with Crippen LogP contribution in [0.15, 0.2) is 36.4 Å². The third kappa shape index (κ3) is 27.0. The van der Waals surface area contributed by atoms with E-state index in [4.69, 9.17) is 74.0 Å². The number of fused-ring (bicyclic) bond motifs is 5. The number of rotatable bonds is 52. The molecule has 4 aliphatic carbocycles. The summed E-state index contributed by atoms with van der Waals surface area (Å²) in [6.45, 7) is 8.05. The number of phenols is 3. The minimum absolute atomic E-state index is 0.0266. The van der Waals surface area contributed by atoms with E-state index in [9.17, 15) is 72.9 Å². The Morgan fingerprint density at radius 3 is 1.54 bits per heavy atom. The minimum Gasteiger partial charge on any atom is -0.507 e. The number of amides is 8. The van der Waals surface area contributed by atoms with Gasteiger partial charge in [0.15, 0.2) is 28.8 Å². The van der Waals surface area contributed by atoms with Gasteiger partial charge in [-0.05, 0) is 143 Å². The number of ether oxygens (including phenoxy) is 12. The van der Waals surface area contributed by atoms with Crippen molar-refractivity contribution < 1.29 is 130 Å². The van der Waals surface area contributed by atoms with Crippen LogP contribution in [-0.2, 0) is 82.6 Å². The predicted molar refractivity (Wildman–Crippen MR) is 422 cm³/mol. The molecule has 0 radical (unpaired) electrons. The van der Waals surface area contributed by atoms with Crippen molar-refractivity contribution >= 4 is 82.3 Å². The Morgan fingerprint density at radius 1 is 0.487 bits per heavy atom. The van der Waals surface area contributed by atoms with Crippen molar-refractivity contribution in [2.24, 2.45) is 57.6 Å². The van der Waals surface area contributed by atoms with Crippen molar-refractivity contribution in [3.8, 4) is 34.5 Å². The second-order valence-electron chi connectivity index (χ2n) is 30.7. The smallest absolute Gasteiger partial charge is 0.408 e. The maximum atomic E-state index is 14.2. The van der Waals surface area contributed by atoms with Crippen LogP contribution < -0.4 is 58.0 Å². The summed E-state index contributed by atoms with van der Waals surface area (Å²) >= 11 is 0. The third-order valence-electron chi connectivity index (χ3n) is 22.9. The maximum absolute atomic E-state index is 14.2. The first-order chi connectivity index (χ1) is 55.9. The normalized spacial score (nSPS) is 20.9. The molecular weight excluding hydrogens is 1530 g/mol. The molecule has 4 fully saturated rings. The number of esters is 1. The second kappa shape index (κ2) is 46.3. The summed E-state index contributed by atoms with van der Waals surface area (Å²) in [6.07, 6.45) is 7.17. The lowest BCUT2D eigenvalue weighted by Crippen LogP contribution is -2.60. The molecule has 35 heteroatoms. The van der Waals surface area contributed by atoms with Crippen LogP contribution in [-0.4, -0.2) is 224 Å². The number of primary amides is 3. The first kappa shape index (κ1) is 94.2. The number of carbonyl (C=O) groups excluding carboxylic acids is 12. The summed E-state index contributed by atoms with van der Waals surface area (Å²) in [5, 5.41) is 44.5. The monoisotopic (exact) mass is 1650 g/mol. The van der Waals surface area contributed by atoms with Gasteiger partial charge >= 0.3 is 18.2 Å². The Balaban J connectivity index is 0.896. The summed E-state index contributed by atoms with van der Waals surface area (Å²) < 4.78 is 67.4. The zero-order valence-corrected chi connectivity index (χ0v) is 68.1. The van der Waals surface area contributed by atoms with Crippen molar-refractivity contribution in [3.63, 3.8) is 0 Å². The molecule has 117 heavy (non-hydrogen) atoms. The molecule has 0 aliphatic heterocycles. The fourth-order valence-electron chi connectivity index (χ4n) is 17.3. The molecule has 0 aromatic heterocycles. The number of nitrogens with one attached hydrogen (secondary N) is 5. The van der Waals surface area contributed by atoms with Crippen LogP contribution in [0.2, 0.25) is 0 Å². The number of hydrogen-bond acceptors (Lipinski definition) is 27. The standard InChI is InChI=1S/C82H118N8O27/c1-8-9-10-11-28-82(4,117-79(105)88-45-51(92)15-13-33-110-36-40-114-48-67(96)90-59-19-22-62(108-7)71(74(59)100)77(85)103)64-23-17-55-54-43-63(116-68(97)25-24-65(94)86-31-34-111-37-38-112-46-52(93)41-49-16-20-60(106-5)69(72(49)98)75(83)101)57-42-53(26-29-80(57,2)56(54)27-30-81(55,64)3)115-78(104)87-44-50(91)14-12-32-109-35-39-113-47-66(95)89-58-18-21-61(107-6)70(73(58)99)76(84)102/h16,18-22,53-57,63-64,98-100H,8-15,17,23-48H2,1-7H3,(H2,83,101)(H2,84,102)(H2,85,103)(H,86,94)(H,87,104)(H,88,105)(H,89,95)(H,90,96)/t53-,54-,55-,56-,57+,63-,64-,80+,81-,82-/m0/s1. The highest BCUT2D eigenvalue weighted by Crippen LogP contribution is 2.69. The summed E-state index contributed by atoms with van der Waals surface area (Å²) in [4.78, 5) is 154. The maximum Gasteiger partial charge on any atom is 0.408 e. The van der Waals surface area contributed by atoms with Crippen LogP contribution in [0.3, 0.4) is 0 Å². The zero-order chi connectivity index (χ0) is 85.4. The van der Waals surface area contributed by atoms with E-state index < -0.39 is 95.3 Å². The van der Waals surface area contributed by atoms with E-state index in [1.165, 1.54) is 57.7 Å². The van der Waals surface area contributed by atoms with Crippen LogP contribution in [0.25, 0.3) is 0 Å². The van der Waals surface area contributed by atoms with Gasteiger partial charge in [0.25, 0.3) is 17.7 Å². The second-order valence-corrected chi connectivity index (χ2v) is 30.7. The Labute approximate surface area is 680 Å². The van der Waals surface area contributed by atoms with E-state index in [0.29, 0.717) is 44.9 Å². The number of benzene rings is 3. The van der Waals surface area contributed by atoms with Gasteiger partial charge in [0.05, 0.1) is 98.5 Å². The molecule has 4 aliphatic rings. The minimum atomic E-state index is -0.950. The molecule has 0 unspecified atom stereocenters. The number of anilines is 2. The lowest BCUT2D eigenvalue weighted by Gasteiger charge is -2.63. The molecule has 10 atom stereocenters. The lowest BCUT2D eigenvalue weighted by atomic mass is 9.43. The number of carbonyl (C=O) groups is 12. The zero-order valence-electron chi connectivity index (χ0n) is 68.1. The van der Waals surface area contributed by atoms with Crippen molar-refractivity contribution in [2.75, 3.05) is 131 Å². The number of aromatic hydroxyl groups is 3. The lowest BCUT2D eigenvalue weighted by molar-refractivity contribution is -0.197. The summed E-state index contributed by atoms with van der Waals surface area (Å²) in [6, 6.07) is 8.32. The number of nitrogens with two attached hydrogens (primary N) is 3. The van der Waals surface area contributed by atoms with E-state index in [0.717, 1.165) is 51.4 Å². The Bertz CT molecular complexity index is 3940. The molecule has 14 N–H and O–H groups in total. The van der Waals surface area contributed by atoms with Gasteiger partial charge in [0.1, 0.15) is 77.3 Å². The number of unbranched alkanes of at least 4 members (excludes halogenated alkanes) is 3. The summed E-state index contributed by atoms with van der Waals surface area (Å²) in [7, 11) is 3.91. The van der Waals surface area contributed by atoms with Gasteiger partial charge in [-0.25, -0.2) is 9.59 Å². The number of ketones is 3. The van der Waals surface area contributed by atoms with Crippen LogP contribution in [0.1, 0.15) is 186 Å². The van der Waals surface area contributed by atoms with Gasteiger partial charge in [0.2, 0.25) is 17.7 Å². The average molecular weight is 1650 g/mol. The van der Waals surface area contributed by atoms with Crippen LogP contribution in [0, 0.1) is 40.4 Å². The molecule has 648 valence electrons. The van der Waals surface area contributed by atoms with Gasteiger partial charge in [0, 0.05) is 62.8 Å². The van der Waals surface area contributed by atoms with Gasteiger partial charge in [-0.1, -0.05) is 46.1 Å². The largest absolute Gasteiger partial charge is 0.507 e. The first-order valence-electron chi connectivity index (χ1n) is 40.0. The Kier molecular flexibility index (Phi) is 37.3. The fraction of sp³-hybridized carbons (Fsp3) is 0.634. The van der Waals surface area contributed by atoms with Gasteiger partial charge in [-0.15, -0.1) is 0 Å². The molecule has 4 saturated carbocycles. The quantitative estimate of drug-likeness (QED) is 0.0118. The highest BCUT2D eigenvalue weighted by atomic mass is 16.6. The van der Waals surface area contributed by atoms with E-state index in [-0.39, 0.29) is 233 Å². The molecule has 35 nitrogen and oxygen atoms in total. The summed E-state index contributed by atoms with van der Waals surface area (Å²) in [5.41, 5.74) is 13.7. The van der Waals surface area contributed by atoms with Gasteiger partial charge in [-0.2, -0.15) is 0 Å². The van der Waals surface area contributed by atoms with E-state index in [1.54, 1.807) is 0 Å². The van der Waals surface area contributed by atoms with Crippen LogP contribution in [0.5, 0.6) is 34.5 Å². The van der Waals surface area contributed by atoms with Crippen LogP contribution in [0.4, 0.5) is 21.0 Å². The Morgan fingerprint density at radius 2 is 0.991 bits per heavy atom. The fourth-order valence-corrected chi connectivity index (χ4v) is 17.3. The average Bonchev–Trinajstić information content (AvgIpc) is 1.62. The molecule has 0 bridgehead atoms. The molecule has 7 rings (SSSR count). The third-order valence-corrected chi connectivity index (χ3v) is 22.9. The van der Waals surface area contributed by atoms with E-state index in [2.05, 4.69) is 47.4 Å². The van der Waals surface area contributed by atoms with Crippen molar-refractivity contribution in [1.29, 1.82) is 0 Å². The number of methoxy groups -OCH3 is 3.